The van der Waals surface area contributed by atoms with E-state index < -0.39 is 0 Å². The van der Waals surface area contributed by atoms with Crippen molar-refractivity contribution in [3.05, 3.63) is 29.1 Å². The van der Waals surface area contributed by atoms with Crippen molar-refractivity contribution in [2.24, 2.45) is 0 Å². The number of pyridine rings is 1. The Bertz CT molecular complexity index is 484. The first-order valence-electron chi connectivity index (χ1n) is 7.57. The summed E-state index contributed by atoms with van der Waals surface area (Å²) in [5.74, 6) is 0.0470. The number of aromatic nitrogens is 1. The molecule has 0 aliphatic carbocycles. The zero-order valence-electron chi connectivity index (χ0n) is 13.2. The monoisotopic (exact) mass is 291 g/mol. The fourth-order valence-electron chi connectivity index (χ4n) is 2.74. The summed E-state index contributed by atoms with van der Waals surface area (Å²) < 4.78 is 5.14. The lowest BCUT2D eigenvalue weighted by atomic mass is 10.1. The van der Waals surface area contributed by atoms with Crippen molar-refractivity contribution in [1.82, 2.24) is 15.2 Å². The molecule has 21 heavy (non-hydrogen) atoms. The van der Waals surface area contributed by atoms with Crippen molar-refractivity contribution in [2.75, 3.05) is 33.4 Å². The summed E-state index contributed by atoms with van der Waals surface area (Å²) in [4.78, 5) is 19.0. The van der Waals surface area contributed by atoms with Crippen molar-refractivity contribution < 1.29 is 9.53 Å². The number of hydrogen-bond acceptors (Lipinski definition) is 4. The van der Waals surface area contributed by atoms with Gasteiger partial charge in [-0.15, -0.1) is 0 Å². The summed E-state index contributed by atoms with van der Waals surface area (Å²) in [5, 5.41) is 3.44. The van der Waals surface area contributed by atoms with Crippen molar-refractivity contribution in [3.8, 4) is 0 Å². The molecule has 1 aromatic heterocycles. The molecule has 5 heteroatoms. The highest BCUT2D eigenvalue weighted by atomic mass is 16.5. The molecule has 0 saturated carbocycles. The van der Waals surface area contributed by atoms with E-state index in [2.05, 4.69) is 10.3 Å². The van der Waals surface area contributed by atoms with Crippen molar-refractivity contribution in [1.29, 1.82) is 0 Å². The summed E-state index contributed by atoms with van der Waals surface area (Å²) in [6.07, 6.45) is 2.31. The van der Waals surface area contributed by atoms with Gasteiger partial charge in [0.15, 0.2) is 0 Å². The predicted molar refractivity (Wildman–Crippen MR) is 82.5 cm³/mol. The number of amides is 1. The molecule has 1 atom stereocenters. The van der Waals surface area contributed by atoms with Crippen molar-refractivity contribution >= 4 is 5.91 Å². The Labute approximate surface area is 126 Å². The Morgan fingerprint density at radius 1 is 1.48 bits per heavy atom. The van der Waals surface area contributed by atoms with Crippen LogP contribution in [-0.2, 0) is 4.74 Å². The Kier molecular flexibility index (Phi) is 5.70. The van der Waals surface area contributed by atoms with E-state index in [1.165, 1.54) is 6.42 Å². The van der Waals surface area contributed by atoms with E-state index in [-0.39, 0.29) is 5.91 Å². The topological polar surface area (TPSA) is 54.5 Å². The minimum atomic E-state index is 0.0470. The summed E-state index contributed by atoms with van der Waals surface area (Å²) in [7, 11) is 1.66. The number of hydrogen-bond donors (Lipinski definition) is 1. The van der Waals surface area contributed by atoms with Crippen LogP contribution in [-0.4, -0.2) is 55.2 Å². The number of carbonyl (C=O) groups is 1. The molecule has 2 rings (SSSR count). The van der Waals surface area contributed by atoms with Gasteiger partial charge in [-0.3, -0.25) is 9.78 Å². The van der Waals surface area contributed by atoms with Gasteiger partial charge in [0.25, 0.3) is 5.91 Å². The molecule has 1 aromatic rings. The zero-order chi connectivity index (χ0) is 15.2. The summed E-state index contributed by atoms with van der Waals surface area (Å²) >= 11 is 0. The number of methoxy groups -OCH3 is 1. The van der Waals surface area contributed by atoms with Gasteiger partial charge in [0.2, 0.25) is 0 Å². The van der Waals surface area contributed by atoms with E-state index in [9.17, 15) is 4.79 Å². The van der Waals surface area contributed by atoms with Crippen LogP contribution in [0.25, 0.3) is 0 Å². The number of ether oxygens (including phenoxy) is 1. The summed E-state index contributed by atoms with van der Waals surface area (Å²) in [5.41, 5.74) is 2.42. The van der Waals surface area contributed by atoms with Gasteiger partial charge in [-0.1, -0.05) is 0 Å². The first kappa shape index (κ1) is 15.9. The van der Waals surface area contributed by atoms with Gasteiger partial charge in [0.05, 0.1) is 17.9 Å². The van der Waals surface area contributed by atoms with Crippen molar-refractivity contribution in [3.63, 3.8) is 0 Å². The molecule has 0 bridgehead atoms. The van der Waals surface area contributed by atoms with Crippen LogP contribution < -0.4 is 5.32 Å². The van der Waals surface area contributed by atoms with Gasteiger partial charge >= 0.3 is 0 Å². The van der Waals surface area contributed by atoms with Gasteiger partial charge in [-0.25, -0.2) is 0 Å². The second-order valence-corrected chi connectivity index (χ2v) is 5.62. The Balaban J connectivity index is 2.11. The Hall–Kier alpha value is -1.46. The van der Waals surface area contributed by atoms with Crippen LogP contribution in [0, 0.1) is 13.8 Å². The van der Waals surface area contributed by atoms with Gasteiger partial charge in [-0.05, 0) is 45.4 Å². The maximum atomic E-state index is 12.8. The van der Waals surface area contributed by atoms with Crippen molar-refractivity contribution in [2.45, 2.75) is 32.7 Å². The molecule has 5 nitrogen and oxygen atoms in total. The van der Waals surface area contributed by atoms with E-state index in [0.717, 1.165) is 30.9 Å². The van der Waals surface area contributed by atoms with Crippen LogP contribution in [0.5, 0.6) is 0 Å². The van der Waals surface area contributed by atoms with Crippen LogP contribution in [0.2, 0.25) is 0 Å². The van der Waals surface area contributed by atoms with Crippen LogP contribution in [0.4, 0.5) is 0 Å². The van der Waals surface area contributed by atoms with Crippen LogP contribution in [0.1, 0.15) is 34.6 Å². The Morgan fingerprint density at radius 2 is 2.29 bits per heavy atom. The minimum absolute atomic E-state index is 0.0470. The molecule has 1 aliphatic heterocycles. The van der Waals surface area contributed by atoms with E-state index in [1.807, 2.05) is 30.9 Å². The van der Waals surface area contributed by atoms with Gasteiger partial charge in [0, 0.05) is 31.9 Å². The molecule has 1 N–H and O–H groups in total. The third kappa shape index (κ3) is 4.25. The molecule has 1 unspecified atom stereocenters. The first-order valence-corrected chi connectivity index (χ1v) is 7.57. The number of nitrogens with zero attached hydrogens (tertiary/aromatic N) is 2. The maximum Gasteiger partial charge on any atom is 0.255 e. The predicted octanol–water partition coefficient (Wildman–Crippen LogP) is 1.54. The van der Waals surface area contributed by atoms with Gasteiger partial charge in [-0.2, -0.15) is 0 Å². The molecule has 0 spiro atoms. The van der Waals surface area contributed by atoms with Crippen LogP contribution >= 0.6 is 0 Å². The number of aryl methyl sites for hydroxylation is 2. The van der Waals surface area contributed by atoms with E-state index in [4.69, 9.17) is 4.74 Å². The van der Waals surface area contributed by atoms with Gasteiger partial charge < -0.3 is 15.0 Å². The molecule has 0 aromatic carbocycles. The third-order valence-corrected chi connectivity index (χ3v) is 3.91. The standard InChI is InChI=1S/C16H25N3O2/c1-12-6-7-15(13(2)18-12)16(20)19(9-10-21-3)11-14-5-4-8-17-14/h6-7,14,17H,4-5,8-11H2,1-3H3. The minimum Gasteiger partial charge on any atom is -0.383 e. The number of carbonyl (C=O) groups excluding carboxylic acids is 1. The normalized spacial score (nSPS) is 18.0. The number of rotatable bonds is 6. The molecule has 1 amide bonds. The quantitative estimate of drug-likeness (QED) is 0.864. The van der Waals surface area contributed by atoms with Crippen LogP contribution in [0.15, 0.2) is 12.1 Å². The smallest absolute Gasteiger partial charge is 0.255 e. The molecule has 0 radical (unpaired) electrons. The van der Waals surface area contributed by atoms with E-state index in [0.29, 0.717) is 24.8 Å². The van der Waals surface area contributed by atoms with Crippen LogP contribution in [0.3, 0.4) is 0 Å². The maximum absolute atomic E-state index is 12.8. The third-order valence-electron chi connectivity index (χ3n) is 3.91. The summed E-state index contributed by atoms with van der Waals surface area (Å²) in [6, 6.07) is 4.16. The average molecular weight is 291 g/mol. The first-order chi connectivity index (χ1) is 10.1. The molecule has 1 fully saturated rings. The SMILES string of the molecule is COCCN(CC1CCCN1)C(=O)c1ccc(C)nc1C. The average Bonchev–Trinajstić information content (AvgIpc) is 2.95. The zero-order valence-corrected chi connectivity index (χ0v) is 13.2. The van der Waals surface area contributed by atoms with Gasteiger partial charge in [0.1, 0.15) is 0 Å². The lowest BCUT2D eigenvalue weighted by Gasteiger charge is -2.26. The lowest BCUT2D eigenvalue weighted by molar-refractivity contribution is 0.0678. The number of nitrogens with one attached hydrogen (secondary N) is 1. The lowest BCUT2D eigenvalue weighted by Crippen LogP contribution is -2.43. The fourth-order valence-corrected chi connectivity index (χ4v) is 2.74. The second-order valence-electron chi connectivity index (χ2n) is 5.62. The molecular formula is C16H25N3O2. The summed E-state index contributed by atoms with van der Waals surface area (Å²) in [6.45, 7) is 6.77. The van der Waals surface area contributed by atoms with E-state index in [1.54, 1.807) is 7.11 Å². The highest BCUT2D eigenvalue weighted by Crippen LogP contribution is 2.13. The van der Waals surface area contributed by atoms with E-state index >= 15 is 0 Å². The highest BCUT2D eigenvalue weighted by molar-refractivity contribution is 5.95. The molecule has 1 saturated heterocycles. The molecule has 1 aliphatic rings. The molecular weight excluding hydrogens is 266 g/mol. The highest BCUT2D eigenvalue weighted by Gasteiger charge is 2.23. The Morgan fingerprint density at radius 3 is 2.90 bits per heavy atom. The molecule has 116 valence electrons. The second kappa shape index (κ2) is 7.52. The molecule has 2 heterocycles. The fraction of sp³-hybridized carbons (Fsp3) is 0.625. The largest absolute Gasteiger partial charge is 0.383 e.